The Hall–Kier alpha value is -4.62. The second-order valence-electron chi connectivity index (χ2n) is 12.3. The first-order chi connectivity index (χ1) is 22.1. The molecule has 3 N–H and O–H groups in total. The Labute approximate surface area is 265 Å². The van der Waals surface area contributed by atoms with Crippen LogP contribution in [-0.2, 0) is 9.59 Å². The lowest BCUT2D eigenvalue weighted by Gasteiger charge is -2.49. The zero-order chi connectivity index (χ0) is 32.4. The van der Waals surface area contributed by atoms with E-state index in [0.717, 1.165) is 32.0 Å². The summed E-state index contributed by atoms with van der Waals surface area (Å²) < 4.78 is 33.9. The monoisotopic (exact) mass is 633 g/mol. The molecule has 3 heterocycles. The highest BCUT2D eigenvalue weighted by molar-refractivity contribution is 6.16. The number of carbonyl (C=O) groups is 3. The van der Waals surface area contributed by atoms with Crippen molar-refractivity contribution in [2.75, 3.05) is 56.2 Å². The highest BCUT2D eigenvalue weighted by Gasteiger charge is 2.56. The Morgan fingerprint density at radius 2 is 1.54 bits per heavy atom. The van der Waals surface area contributed by atoms with Gasteiger partial charge in [0.25, 0.3) is 0 Å². The van der Waals surface area contributed by atoms with Crippen LogP contribution in [0.5, 0.6) is 11.5 Å². The fraction of sp³-hybridized carbons (Fsp3) is 0.394. The molecule has 46 heavy (non-hydrogen) atoms. The van der Waals surface area contributed by atoms with Gasteiger partial charge >= 0.3 is 6.03 Å². The highest BCUT2D eigenvalue weighted by atomic mass is 19.1. The van der Waals surface area contributed by atoms with Gasteiger partial charge in [-0.2, -0.15) is 0 Å². The van der Waals surface area contributed by atoms with Gasteiger partial charge in [0.1, 0.15) is 22.8 Å². The third-order valence-electron chi connectivity index (χ3n) is 8.99. The Morgan fingerprint density at radius 1 is 0.891 bits per heavy atom. The quantitative estimate of drug-likeness (QED) is 0.291. The number of urea groups is 1. The molecule has 242 valence electrons. The predicted molar refractivity (Wildman–Crippen MR) is 169 cm³/mol. The first-order valence-corrected chi connectivity index (χ1v) is 15.4. The van der Waals surface area contributed by atoms with E-state index in [2.05, 4.69) is 44.8 Å². The van der Waals surface area contributed by atoms with Crippen LogP contribution in [0.2, 0.25) is 0 Å². The molecule has 2 aliphatic heterocycles. The van der Waals surface area contributed by atoms with Gasteiger partial charge < -0.3 is 25.2 Å². The van der Waals surface area contributed by atoms with Crippen molar-refractivity contribution in [2.45, 2.75) is 37.8 Å². The number of likely N-dealkylation sites (tertiary alicyclic amines) is 2. The number of rotatable bonds is 9. The zero-order valence-electron chi connectivity index (χ0n) is 25.8. The van der Waals surface area contributed by atoms with Crippen molar-refractivity contribution in [3.05, 3.63) is 72.4 Å². The van der Waals surface area contributed by atoms with Gasteiger partial charge in [0.15, 0.2) is 11.6 Å². The molecule has 2 aromatic carbocycles. The molecule has 1 saturated carbocycles. The molecule has 3 aliphatic rings. The lowest BCUT2D eigenvalue weighted by atomic mass is 9.97. The lowest BCUT2D eigenvalue weighted by Crippen LogP contribution is -2.62. The zero-order valence-corrected chi connectivity index (χ0v) is 25.8. The number of hydrogen-bond acceptors (Lipinski definition) is 7. The van der Waals surface area contributed by atoms with Crippen LogP contribution < -0.4 is 20.7 Å². The van der Waals surface area contributed by atoms with Gasteiger partial charge in [-0.1, -0.05) is 0 Å². The Morgan fingerprint density at radius 3 is 2.17 bits per heavy atom. The second kappa shape index (κ2) is 13.0. The molecular formula is C33H37F2N7O4. The number of pyridine rings is 1. The molecule has 2 saturated heterocycles. The van der Waals surface area contributed by atoms with Crippen molar-refractivity contribution in [2.24, 2.45) is 5.41 Å². The highest BCUT2D eigenvalue weighted by Crippen LogP contribution is 2.47. The largest absolute Gasteiger partial charge is 0.454 e. The summed E-state index contributed by atoms with van der Waals surface area (Å²) in [7, 11) is 4.21. The van der Waals surface area contributed by atoms with E-state index < -0.39 is 28.9 Å². The number of hydrogen-bond donors (Lipinski definition) is 3. The smallest absolute Gasteiger partial charge is 0.323 e. The number of benzene rings is 2. The third kappa shape index (κ3) is 6.95. The molecule has 0 atom stereocenters. The van der Waals surface area contributed by atoms with Gasteiger partial charge in [0.05, 0.1) is 0 Å². The molecule has 11 nitrogen and oxygen atoms in total. The topological polar surface area (TPSA) is 119 Å². The molecule has 0 bridgehead atoms. The minimum Gasteiger partial charge on any atom is -0.454 e. The van der Waals surface area contributed by atoms with Gasteiger partial charge in [0.2, 0.25) is 11.8 Å². The number of ether oxygens (including phenoxy) is 1. The summed E-state index contributed by atoms with van der Waals surface area (Å²) in [6.07, 6.45) is 3.98. The van der Waals surface area contributed by atoms with Gasteiger partial charge in [-0.25, -0.2) is 18.6 Å². The summed E-state index contributed by atoms with van der Waals surface area (Å²) in [5.74, 6) is -1.79. The van der Waals surface area contributed by atoms with Gasteiger partial charge in [-0.3, -0.25) is 19.8 Å². The molecule has 4 amide bonds. The maximum Gasteiger partial charge on any atom is 0.323 e. The van der Waals surface area contributed by atoms with Crippen LogP contribution in [0.15, 0.2) is 60.8 Å². The normalized spacial score (nSPS) is 18.1. The fourth-order valence-corrected chi connectivity index (χ4v) is 5.78. The van der Waals surface area contributed by atoms with E-state index in [1.165, 1.54) is 48.7 Å². The molecular weight excluding hydrogens is 596 g/mol. The summed E-state index contributed by atoms with van der Waals surface area (Å²) in [6.45, 7) is 3.45. The number of nitrogens with zero attached hydrogens (tertiary/aromatic N) is 4. The van der Waals surface area contributed by atoms with Crippen LogP contribution in [0.3, 0.4) is 0 Å². The number of likely N-dealkylation sites (N-methyl/N-ethyl adjacent to an activating group) is 1. The minimum atomic E-state index is -1.28. The standard InChI is InChI=1S/C33H37F2N7O4/c1-40(2)25-19-42(20-25)24-10-15-41(16-11-24)32(45)39-29-18-26(9-14-36-29)46-28-8-7-23(17-27(28)35)38-31(44)33(12-13-33)30(43)37-22-5-3-21(34)4-6-22/h3-9,14,17-18,24-25H,10-13,15-16,19-20H2,1-2H3,(H,37,43)(H,38,44)(H,36,39,45). The fourth-order valence-electron chi connectivity index (χ4n) is 5.78. The summed E-state index contributed by atoms with van der Waals surface area (Å²) in [4.78, 5) is 49.4. The molecule has 1 aliphatic carbocycles. The Bertz CT molecular complexity index is 1600. The minimum absolute atomic E-state index is 0.0961. The van der Waals surface area contributed by atoms with E-state index >= 15 is 4.39 Å². The van der Waals surface area contributed by atoms with Crippen molar-refractivity contribution in [1.82, 2.24) is 19.7 Å². The summed E-state index contributed by atoms with van der Waals surface area (Å²) in [5.41, 5.74) is -0.746. The molecule has 0 radical (unpaired) electrons. The molecule has 3 aromatic rings. The average Bonchev–Trinajstić information content (AvgIpc) is 3.82. The third-order valence-corrected chi connectivity index (χ3v) is 8.99. The first kappa shape index (κ1) is 31.4. The molecule has 0 unspecified atom stereocenters. The van der Waals surface area contributed by atoms with Crippen molar-refractivity contribution >= 4 is 35.0 Å². The molecule has 1 aromatic heterocycles. The van der Waals surface area contributed by atoms with Gasteiger partial charge in [-0.05, 0) is 82.2 Å². The van der Waals surface area contributed by atoms with Crippen molar-refractivity contribution in [3.8, 4) is 11.5 Å². The maximum absolute atomic E-state index is 15.0. The number of halogens is 2. The summed E-state index contributed by atoms with van der Waals surface area (Å²) >= 11 is 0. The van der Waals surface area contributed by atoms with Crippen molar-refractivity contribution in [1.29, 1.82) is 0 Å². The van der Waals surface area contributed by atoms with Crippen LogP contribution in [0.25, 0.3) is 0 Å². The number of carbonyl (C=O) groups excluding carboxylic acids is 3. The van der Waals surface area contributed by atoms with Crippen LogP contribution >= 0.6 is 0 Å². The van der Waals surface area contributed by atoms with Gasteiger partial charge in [0, 0.05) is 68.0 Å². The van der Waals surface area contributed by atoms with Crippen LogP contribution in [0.4, 0.5) is 30.8 Å². The van der Waals surface area contributed by atoms with E-state index in [1.54, 1.807) is 11.0 Å². The predicted octanol–water partition coefficient (Wildman–Crippen LogP) is 4.75. The summed E-state index contributed by atoms with van der Waals surface area (Å²) in [5, 5.41) is 8.06. The number of amides is 4. The Balaban J connectivity index is 0.999. The van der Waals surface area contributed by atoms with Crippen LogP contribution in [-0.4, -0.2) is 89.9 Å². The van der Waals surface area contributed by atoms with E-state index in [-0.39, 0.29) is 29.0 Å². The lowest BCUT2D eigenvalue weighted by molar-refractivity contribution is -0.131. The van der Waals surface area contributed by atoms with Gasteiger partial charge in [-0.15, -0.1) is 0 Å². The van der Waals surface area contributed by atoms with Crippen LogP contribution in [0, 0.1) is 17.0 Å². The van der Waals surface area contributed by atoms with E-state index in [9.17, 15) is 18.8 Å². The number of aromatic nitrogens is 1. The van der Waals surface area contributed by atoms with E-state index in [0.29, 0.717) is 43.7 Å². The number of anilines is 3. The summed E-state index contributed by atoms with van der Waals surface area (Å²) in [6, 6.07) is 13.1. The molecule has 6 rings (SSSR count). The maximum atomic E-state index is 15.0. The Kier molecular flexibility index (Phi) is 8.87. The van der Waals surface area contributed by atoms with Crippen molar-refractivity contribution in [3.63, 3.8) is 0 Å². The number of piperidine rings is 1. The van der Waals surface area contributed by atoms with Crippen molar-refractivity contribution < 1.29 is 27.9 Å². The second-order valence-corrected chi connectivity index (χ2v) is 12.3. The SMILES string of the molecule is CN(C)C1CN(C2CCN(C(=O)Nc3cc(Oc4ccc(NC(=O)C5(C(=O)Nc6ccc(F)cc6)CC5)cc4F)ccn3)CC2)C1. The van der Waals surface area contributed by atoms with E-state index in [4.69, 9.17) is 4.74 Å². The van der Waals surface area contributed by atoms with E-state index in [1.807, 2.05) is 0 Å². The molecule has 3 fully saturated rings. The average molecular weight is 634 g/mol. The molecule has 0 spiro atoms. The number of nitrogens with one attached hydrogen (secondary N) is 3. The molecule has 13 heteroatoms. The first-order valence-electron chi connectivity index (χ1n) is 15.4. The van der Waals surface area contributed by atoms with Crippen LogP contribution in [0.1, 0.15) is 25.7 Å².